The van der Waals surface area contributed by atoms with E-state index in [1.807, 2.05) is 36.4 Å². The Morgan fingerprint density at radius 3 is 2.53 bits per heavy atom. The highest BCUT2D eigenvalue weighted by atomic mass is 19.4. The molecule has 1 saturated heterocycles. The number of piperidine rings is 1. The van der Waals surface area contributed by atoms with Crippen molar-refractivity contribution in [1.82, 2.24) is 14.9 Å². The monoisotopic (exact) mass is 465 g/mol. The lowest BCUT2D eigenvalue weighted by Crippen LogP contribution is -2.34. The van der Waals surface area contributed by atoms with Crippen molar-refractivity contribution in [3.63, 3.8) is 0 Å². The van der Waals surface area contributed by atoms with Gasteiger partial charge in [-0.3, -0.25) is 0 Å². The Morgan fingerprint density at radius 2 is 1.74 bits per heavy atom. The van der Waals surface area contributed by atoms with Crippen LogP contribution in [0.3, 0.4) is 0 Å². The number of ether oxygens (including phenoxy) is 1. The van der Waals surface area contributed by atoms with Crippen LogP contribution in [0.25, 0.3) is 22.4 Å². The first-order valence-corrected chi connectivity index (χ1v) is 11.6. The number of aryl methyl sites for hydroxylation is 1. The lowest BCUT2D eigenvalue weighted by molar-refractivity contribution is -0.137. The van der Waals surface area contributed by atoms with Gasteiger partial charge >= 0.3 is 6.18 Å². The molecule has 0 saturated carbocycles. The van der Waals surface area contributed by atoms with Crippen molar-refractivity contribution in [3.8, 4) is 22.9 Å². The van der Waals surface area contributed by atoms with Crippen LogP contribution in [0.1, 0.15) is 31.2 Å². The van der Waals surface area contributed by atoms with Crippen molar-refractivity contribution in [1.29, 1.82) is 0 Å². The van der Waals surface area contributed by atoms with E-state index in [1.165, 1.54) is 31.4 Å². The smallest absolute Gasteiger partial charge is 0.416 e. The number of nitrogens with zero attached hydrogens (tertiary/aromatic N) is 2. The number of para-hydroxylation sites is 2. The molecule has 1 aliphatic rings. The van der Waals surface area contributed by atoms with E-state index < -0.39 is 11.7 Å². The Morgan fingerprint density at radius 1 is 0.941 bits per heavy atom. The second kappa shape index (κ2) is 9.50. The van der Waals surface area contributed by atoms with Gasteiger partial charge in [0.15, 0.2) is 0 Å². The molecule has 1 N–H and O–H groups in total. The molecule has 4 aromatic rings. The molecule has 1 aliphatic heterocycles. The molecule has 1 fully saturated rings. The summed E-state index contributed by atoms with van der Waals surface area (Å²) in [5.74, 6) is 1.43. The average Bonchev–Trinajstić information content (AvgIpc) is 3.22. The van der Waals surface area contributed by atoms with Crippen molar-refractivity contribution in [2.24, 2.45) is 0 Å². The van der Waals surface area contributed by atoms with Crippen LogP contribution in [0.15, 0.2) is 72.8 Å². The van der Waals surface area contributed by atoms with Gasteiger partial charge in [-0.2, -0.15) is 13.2 Å². The highest BCUT2D eigenvalue weighted by Gasteiger charge is 2.30. The summed E-state index contributed by atoms with van der Waals surface area (Å²) in [6, 6.07) is 20.8. The standard InChI is InChI=1S/C27H26F3N3O/c28-27(29,30)20-8-6-11-23(18-20)34-22-10-5-7-19(17-22)26-32-24-12-1-2-13-25(24)33(26)16-14-21-9-3-4-15-31-21/h1-2,5-8,10-13,17-18,21,31H,3-4,9,14-16H2. The summed E-state index contributed by atoms with van der Waals surface area (Å²) >= 11 is 0. The van der Waals surface area contributed by atoms with Crippen LogP contribution >= 0.6 is 0 Å². The van der Waals surface area contributed by atoms with E-state index in [1.54, 1.807) is 6.07 Å². The van der Waals surface area contributed by atoms with E-state index in [2.05, 4.69) is 16.0 Å². The van der Waals surface area contributed by atoms with Gasteiger partial charge < -0.3 is 14.6 Å². The molecule has 2 heterocycles. The fourth-order valence-corrected chi connectivity index (χ4v) is 4.55. The molecule has 0 spiro atoms. The van der Waals surface area contributed by atoms with Crippen molar-refractivity contribution in [3.05, 3.63) is 78.4 Å². The van der Waals surface area contributed by atoms with Gasteiger partial charge in [0.2, 0.25) is 0 Å². The SMILES string of the molecule is FC(F)(F)c1cccc(Oc2cccc(-c3nc4ccccc4n3CCC3CCCCN3)c2)c1. The molecule has 0 radical (unpaired) electrons. The summed E-state index contributed by atoms with van der Waals surface area (Å²) in [6.45, 7) is 1.89. The molecule has 5 rings (SSSR count). The first kappa shape index (κ1) is 22.5. The van der Waals surface area contributed by atoms with Crippen molar-refractivity contribution >= 4 is 11.0 Å². The number of fused-ring (bicyclic) bond motifs is 1. The number of halogens is 3. The topological polar surface area (TPSA) is 39.1 Å². The predicted molar refractivity (Wildman–Crippen MR) is 127 cm³/mol. The van der Waals surface area contributed by atoms with E-state index >= 15 is 0 Å². The number of rotatable bonds is 6. The highest BCUT2D eigenvalue weighted by molar-refractivity contribution is 5.80. The molecule has 1 unspecified atom stereocenters. The fraction of sp³-hybridized carbons (Fsp3) is 0.296. The first-order valence-electron chi connectivity index (χ1n) is 11.6. The van der Waals surface area contributed by atoms with Gasteiger partial charge in [0.1, 0.15) is 17.3 Å². The minimum Gasteiger partial charge on any atom is -0.457 e. The maximum absolute atomic E-state index is 13.1. The van der Waals surface area contributed by atoms with Crippen LogP contribution in [-0.4, -0.2) is 22.1 Å². The van der Waals surface area contributed by atoms with Gasteiger partial charge in [0.25, 0.3) is 0 Å². The third-order valence-corrected chi connectivity index (χ3v) is 6.26. The minimum atomic E-state index is -4.42. The Hall–Kier alpha value is -3.32. The number of benzene rings is 3. The molecule has 3 aromatic carbocycles. The molecule has 7 heteroatoms. The molecule has 1 atom stereocenters. The zero-order valence-electron chi connectivity index (χ0n) is 18.7. The van der Waals surface area contributed by atoms with Crippen LogP contribution in [0.2, 0.25) is 0 Å². The molecule has 4 nitrogen and oxygen atoms in total. The fourth-order valence-electron chi connectivity index (χ4n) is 4.55. The van der Waals surface area contributed by atoms with Gasteiger partial charge in [0.05, 0.1) is 16.6 Å². The molecule has 0 aliphatic carbocycles. The second-order valence-electron chi connectivity index (χ2n) is 8.67. The van der Waals surface area contributed by atoms with Crippen molar-refractivity contribution in [2.45, 2.75) is 44.4 Å². The Balaban J connectivity index is 1.44. The number of hydrogen-bond donors (Lipinski definition) is 1. The lowest BCUT2D eigenvalue weighted by atomic mass is 10.0. The number of aromatic nitrogens is 2. The second-order valence-corrected chi connectivity index (χ2v) is 8.67. The third kappa shape index (κ3) is 4.94. The number of nitrogens with one attached hydrogen (secondary N) is 1. The maximum Gasteiger partial charge on any atom is 0.416 e. The summed E-state index contributed by atoms with van der Waals surface area (Å²) in [5, 5.41) is 3.61. The van der Waals surface area contributed by atoms with Gasteiger partial charge in [0, 0.05) is 18.2 Å². The lowest BCUT2D eigenvalue weighted by Gasteiger charge is -2.24. The maximum atomic E-state index is 13.1. The van der Waals surface area contributed by atoms with Crippen LogP contribution in [-0.2, 0) is 12.7 Å². The summed E-state index contributed by atoms with van der Waals surface area (Å²) in [4.78, 5) is 4.88. The normalized spacial score (nSPS) is 16.6. The van der Waals surface area contributed by atoms with Crippen LogP contribution in [0.4, 0.5) is 13.2 Å². The summed E-state index contributed by atoms with van der Waals surface area (Å²) < 4.78 is 47.3. The van der Waals surface area contributed by atoms with Crippen molar-refractivity contribution < 1.29 is 17.9 Å². The van der Waals surface area contributed by atoms with E-state index in [4.69, 9.17) is 9.72 Å². The number of alkyl halides is 3. The van der Waals surface area contributed by atoms with Gasteiger partial charge in [-0.15, -0.1) is 0 Å². The average molecular weight is 466 g/mol. The van der Waals surface area contributed by atoms with Gasteiger partial charge in [-0.05, 0) is 68.3 Å². The van der Waals surface area contributed by atoms with Gasteiger partial charge in [-0.1, -0.05) is 36.8 Å². The molecule has 0 bridgehead atoms. The minimum absolute atomic E-state index is 0.142. The first-order chi connectivity index (χ1) is 16.5. The molecular formula is C27H26F3N3O. The molecular weight excluding hydrogens is 439 g/mol. The van der Waals surface area contributed by atoms with E-state index in [9.17, 15) is 13.2 Å². The number of hydrogen-bond acceptors (Lipinski definition) is 3. The van der Waals surface area contributed by atoms with E-state index in [-0.39, 0.29) is 5.75 Å². The van der Waals surface area contributed by atoms with E-state index in [0.717, 1.165) is 54.1 Å². The Bertz CT molecular complexity index is 1280. The zero-order valence-corrected chi connectivity index (χ0v) is 18.7. The summed E-state index contributed by atoms with van der Waals surface area (Å²) in [6.07, 6.45) is 0.258. The molecule has 176 valence electrons. The van der Waals surface area contributed by atoms with Crippen molar-refractivity contribution in [2.75, 3.05) is 6.54 Å². The molecule has 0 amide bonds. The molecule has 34 heavy (non-hydrogen) atoms. The zero-order chi connectivity index (χ0) is 23.5. The number of imidazole rings is 1. The summed E-state index contributed by atoms with van der Waals surface area (Å²) in [5.41, 5.74) is 2.10. The molecule has 1 aromatic heterocycles. The van der Waals surface area contributed by atoms with Crippen LogP contribution < -0.4 is 10.1 Å². The largest absolute Gasteiger partial charge is 0.457 e. The van der Waals surface area contributed by atoms with Crippen LogP contribution in [0, 0.1) is 0 Å². The quantitative estimate of drug-likeness (QED) is 0.332. The van der Waals surface area contributed by atoms with Gasteiger partial charge in [-0.25, -0.2) is 4.98 Å². The van der Waals surface area contributed by atoms with Crippen LogP contribution in [0.5, 0.6) is 11.5 Å². The third-order valence-electron chi connectivity index (χ3n) is 6.26. The van der Waals surface area contributed by atoms with E-state index in [0.29, 0.717) is 11.8 Å². The Labute approximate surface area is 196 Å². The highest BCUT2D eigenvalue weighted by Crippen LogP contribution is 2.34. The summed E-state index contributed by atoms with van der Waals surface area (Å²) in [7, 11) is 0. The predicted octanol–water partition coefficient (Wildman–Crippen LogP) is 7.05. The Kier molecular flexibility index (Phi) is 6.28.